The van der Waals surface area contributed by atoms with Crippen LogP contribution < -0.4 is 9.47 Å². The van der Waals surface area contributed by atoms with Crippen molar-refractivity contribution in [3.05, 3.63) is 41.1 Å². The summed E-state index contributed by atoms with van der Waals surface area (Å²) in [4.78, 5) is 12.6. The summed E-state index contributed by atoms with van der Waals surface area (Å²) in [5.41, 5.74) is 6.54. The highest BCUT2D eigenvalue weighted by molar-refractivity contribution is 5.94. The lowest BCUT2D eigenvalue weighted by Gasteiger charge is -2.24. The molecule has 28 heavy (non-hydrogen) atoms. The highest BCUT2D eigenvalue weighted by Gasteiger charge is 2.29. The van der Waals surface area contributed by atoms with Gasteiger partial charge in [0.2, 0.25) is 0 Å². The second kappa shape index (κ2) is 7.74. The molecule has 2 aliphatic rings. The van der Waals surface area contributed by atoms with Crippen LogP contribution in [0, 0.1) is 0 Å². The molecule has 5 nitrogen and oxygen atoms in total. The minimum atomic E-state index is -0.254. The Balaban J connectivity index is 1.93. The summed E-state index contributed by atoms with van der Waals surface area (Å²) in [6.07, 6.45) is 7.71. The molecule has 4 rings (SSSR count). The van der Waals surface area contributed by atoms with Crippen LogP contribution in [-0.2, 0) is 17.7 Å². The predicted molar refractivity (Wildman–Crippen MR) is 109 cm³/mol. The van der Waals surface area contributed by atoms with Gasteiger partial charge in [0.15, 0.2) is 11.5 Å². The monoisotopic (exact) mass is 381 g/mol. The normalized spacial score (nSPS) is 15.3. The second-order valence-corrected chi connectivity index (χ2v) is 7.25. The zero-order valence-corrected chi connectivity index (χ0v) is 16.8. The Hall–Kier alpha value is -2.69. The van der Waals surface area contributed by atoms with E-state index in [1.807, 2.05) is 19.1 Å². The quantitative estimate of drug-likeness (QED) is 0.694. The van der Waals surface area contributed by atoms with Gasteiger partial charge < -0.3 is 18.8 Å². The van der Waals surface area contributed by atoms with Crippen LogP contribution in [0.15, 0.2) is 24.3 Å². The van der Waals surface area contributed by atoms with Crippen LogP contribution in [0.4, 0.5) is 0 Å². The summed E-state index contributed by atoms with van der Waals surface area (Å²) >= 11 is 0. The van der Waals surface area contributed by atoms with Crippen LogP contribution in [0.5, 0.6) is 11.5 Å². The number of aryl methyl sites for hydroxylation is 1. The van der Waals surface area contributed by atoms with Gasteiger partial charge in [0.05, 0.1) is 26.5 Å². The van der Waals surface area contributed by atoms with Crippen molar-refractivity contribution >= 4 is 11.5 Å². The minimum Gasteiger partial charge on any atom is -0.493 e. The van der Waals surface area contributed by atoms with E-state index in [0.717, 1.165) is 48.4 Å². The smallest absolute Gasteiger partial charge is 0.354 e. The van der Waals surface area contributed by atoms with Gasteiger partial charge in [0.25, 0.3) is 0 Å². The van der Waals surface area contributed by atoms with E-state index in [1.165, 1.54) is 24.0 Å². The lowest BCUT2D eigenvalue weighted by Crippen LogP contribution is -2.18. The summed E-state index contributed by atoms with van der Waals surface area (Å²) < 4.78 is 18.5. The van der Waals surface area contributed by atoms with E-state index < -0.39 is 0 Å². The maximum Gasteiger partial charge on any atom is 0.354 e. The highest BCUT2D eigenvalue weighted by Crippen LogP contribution is 2.44. The van der Waals surface area contributed by atoms with Gasteiger partial charge in [-0.15, -0.1) is 0 Å². The van der Waals surface area contributed by atoms with E-state index in [-0.39, 0.29) is 5.97 Å². The van der Waals surface area contributed by atoms with Gasteiger partial charge in [-0.25, -0.2) is 4.79 Å². The number of allylic oxidation sites excluding steroid dienone is 2. The molecular weight excluding hydrogens is 354 g/mol. The molecule has 0 spiro atoms. The second-order valence-electron chi connectivity index (χ2n) is 7.25. The molecule has 0 fully saturated rings. The molecule has 1 aliphatic heterocycles. The van der Waals surface area contributed by atoms with Crippen LogP contribution in [0.2, 0.25) is 0 Å². The number of carbonyl (C=O) groups is 1. The van der Waals surface area contributed by atoms with Gasteiger partial charge in [0, 0.05) is 17.7 Å². The molecule has 0 saturated carbocycles. The van der Waals surface area contributed by atoms with Crippen molar-refractivity contribution in [2.24, 2.45) is 0 Å². The maximum absolute atomic E-state index is 12.6. The number of aromatic nitrogens is 1. The molecule has 5 heteroatoms. The molecule has 0 bridgehead atoms. The zero-order chi connectivity index (χ0) is 19.7. The summed E-state index contributed by atoms with van der Waals surface area (Å²) in [6.45, 7) is 2.97. The first-order chi connectivity index (χ1) is 13.7. The Morgan fingerprint density at radius 3 is 2.50 bits per heavy atom. The molecule has 0 saturated heterocycles. The number of carbonyl (C=O) groups excluding carboxylic acids is 1. The summed E-state index contributed by atoms with van der Waals surface area (Å²) in [5.74, 6) is 1.19. The Morgan fingerprint density at radius 2 is 1.82 bits per heavy atom. The minimum absolute atomic E-state index is 0.254. The highest BCUT2D eigenvalue weighted by atomic mass is 16.5. The fourth-order valence-electron chi connectivity index (χ4n) is 4.35. The Labute approximate surface area is 165 Å². The maximum atomic E-state index is 12.6. The molecule has 0 atom stereocenters. The molecule has 0 unspecified atom stereocenters. The van der Waals surface area contributed by atoms with Crippen molar-refractivity contribution < 1.29 is 19.0 Å². The van der Waals surface area contributed by atoms with E-state index in [0.29, 0.717) is 18.1 Å². The average molecular weight is 381 g/mol. The first-order valence-electron chi connectivity index (χ1n) is 10.0. The van der Waals surface area contributed by atoms with Gasteiger partial charge >= 0.3 is 5.97 Å². The molecule has 148 valence electrons. The number of esters is 1. The van der Waals surface area contributed by atoms with Gasteiger partial charge in [-0.05, 0) is 68.4 Å². The fraction of sp³-hybridized carbons (Fsp3) is 0.435. The van der Waals surface area contributed by atoms with Crippen LogP contribution in [-0.4, -0.2) is 31.4 Å². The Morgan fingerprint density at radius 1 is 1.04 bits per heavy atom. The third-order valence-electron chi connectivity index (χ3n) is 5.69. The molecule has 2 aromatic rings. The number of fused-ring (bicyclic) bond motifs is 3. The largest absolute Gasteiger partial charge is 0.493 e. The van der Waals surface area contributed by atoms with Gasteiger partial charge in [-0.3, -0.25) is 0 Å². The van der Waals surface area contributed by atoms with E-state index in [1.54, 1.807) is 14.2 Å². The Kier molecular flexibility index (Phi) is 5.16. The molecule has 0 radical (unpaired) electrons. The van der Waals surface area contributed by atoms with Crippen LogP contribution in [0.1, 0.15) is 54.2 Å². The third-order valence-corrected chi connectivity index (χ3v) is 5.69. The van der Waals surface area contributed by atoms with Gasteiger partial charge in [-0.1, -0.05) is 6.08 Å². The third kappa shape index (κ3) is 3.09. The SMILES string of the molecule is CCOC(=O)c1cc(C2=CCCCC2)c2n1CCc1cc(OC)c(OC)cc1-2. The molecule has 0 amide bonds. The first kappa shape index (κ1) is 18.7. The van der Waals surface area contributed by atoms with Gasteiger partial charge in [0.1, 0.15) is 5.69 Å². The van der Waals surface area contributed by atoms with E-state index in [4.69, 9.17) is 14.2 Å². The fourth-order valence-corrected chi connectivity index (χ4v) is 4.35. The molecular formula is C23H27NO4. The van der Waals surface area contributed by atoms with Gasteiger partial charge in [-0.2, -0.15) is 0 Å². The topological polar surface area (TPSA) is 49.7 Å². The standard InChI is InChI=1S/C23H27NO4/c1-4-28-23(25)19-13-17(15-8-6-5-7-9-15)22-18-14-21(27-3)20(26-2)12-16(18)10-11-24(19)22/h8,12-14H,4-7,9-11H2,1-3H3. The molecule has 1 aromatic carbocycles. The number of benzene rings is 1. The molecule has 1 aromatic heterocycles. The van der Waals surface area contributed by atoms with Crippen LogP contribution in [0.25, 0.3) is 16.8 Å². The van der Waals surface area contributed by atoms with Crippen LogP contribution in [0.3, 0.4) is 0 Å². The van der Waals surface area contributed by atoms with Crippen molar-refractivity contribution in [3.63, 3.8) is 0 Å². The lowest BCUT2D eigenvalue weighted by molar-refractivity contribution is 0.0514. The van der Waals surface area contributed by atoms with E-state index in [2.05, 4.69) is 16.7 Å². The summed E-state index contributed by atoms with van der Waals surface area (Å²) in [5, 5.41) is 0. The Bertz CT molecular complexity index is 939. The predicted octanol–water partition coefficient (Wildman–Crippen LogP) is 4.86. The van der Waals surface area contributed by atoms with Crippen molar-refractivity contribution in [3.8, 4) is 22.8 Å². The van der Waals surface area contributed by atoms with Crippen molar-refractivity contribution in [1.29, 1.82) is 0 Å². The van der Waals surface area contributed by atoms with E-state index >= 15 is 0 Å². The summed E-state index contributed by atoms with van der Waals surface area (Å²) in [7, 11) is 3.31. The van der Waals surface area contributed by atoms with Crippen molar-refractivity contribution in [2.45, 2.75) is 45.6 Å². The number of hydrogen-bond acceptors (Lipinski definition) is 4. The number of rotatable bonds is 5. The lowest BCUT2D eigenvalue weighted by atomic mass is 9.89. The number of hydrogen-bond donors (Lipinski definition) is 0. The zero-order valence-electron chi connectivity index (χ0n) is 16.8. The molecule has 1 aliphatic carbocycles. The molecule has 2 heterocycles. The first-order valence-corrected chi connectivity index (χ1v) is 10.0. The number of ether oxygens (including phenoxy) is 3. The average Bonchev–Trinajstić information content (AvgIpc) is 3.13. The number of nitrogens with zero attached hydrogens (tertiary/aromatic N) is 1. The number of methoxy groups -OCH3 is 2. The van der Waals surface area contributed by atoms with Crippen molar-refractivity contribution in [2.75, 3.05) is 20.8 Å². The van der Waals surface area contributed by atoms with Crippen LogP contribution >= 0.6 is 0 Å². The molecule has 0 N–H and O–H groups in total. The van der Waals surface area contributed by atoms with E-state index in [9.17, 15) is 4.79 Å². The van der Waals surface area contributed by atoms with Crippen molar-refractivity contribution in [1.82, 2.24) is 4.57 Å². The summed E-state index contributed by atoms with van der Waals surface area (Å²) in [6, 6.07) is 6.13.